The van der Waals surface area contributed by atoms with E-state index < -0.39 is 0 Å². The van der Waals surface area contributed by atoms with E-state index in [-0.39, 0.29) is 0 Å². The Bertz CT molecular complexity index is 871. The minimum atomic E-state index is 0.372. The summed E-state index contributed by atoms with van der Waals surface area (Å²) in [5.41, 5.74) is 0. The second kappa shape index (κ2) is 7.65. The van der Waals surface area contributed by atoms with Crippen LogP contribution in [0.1, 0.15) is 30.4 Å². The van der Waals surface area contributed by atoms with Crippen molar-refractivity contribution in [1.82, 2.24) is 25.4 Å². The maximum absolute atomic E-state index is 5.22. The van der Waals surface area contributed by atoms with E-state index in [1.807, 2.05) is 6.92 Å². The van der Waals surface area contributed by atoms with Gasteiger partial charge in [-0.1, -0.05) is 5.16 Å². The molecule has 1 aliphatic heterocycles. The molecule has 4 rings (SSSR count). The third-order valence-electron chi connectivity index (χ3n) is 4.54. The largest absolute Gasteiger partial charge is 0.377 e. The van der Waals surface area contributed by atoms with Crippen molar-refractivity contribution in [3.8, 4) is 0 Å². The van der Waals surface area contributed by atoms with E-state index in [0.717, 1.165) is 47.8 Å². The zero-order valence-corrected chi connectivity index (χ0v) is 15.8. The Hall–Kier alpha value is -2.10. The minimum absolute atomic E-state index is 0.372. The highest BCUT2D eigenvalue weighted by Gasteiger charge is 2.22. The number of aromatic nitrogens is 4. The molecule has 9 heteroatoms. The third kappa shape index (κ3) is 3.69. The van der Waals surface area contributed by atoms with Gasteiger partial charge in [0.15, 0.2) is 5.82 Å². The zero-order chi connectivity index (χ0) is 17.9. The lowest BCUT2D eigenvalue weighted by Crippen LogP contribution is -2.42. The van der Waals surface area contributed by atoms with E-state index in [0.29, 0.717) is 30.9 Å². The number of thiophene rings is 1. The number of ether oxygens (including phenoxy) is 1. The number of anilines is 1. The van der Waals surface area contributed by atoms with Crippen LogP contribution in [0.25, 0.3) is 10.2 Å². The van der Waals surface area contributed by atoms with Crippen molar-refractivity contribution in [3.63, 3.8) is 0 Å². The fourth-order valence-corrected chi connectivity index (χ4v) is 4.07. The van der Waals surface area contributed by atoms with E-state index in [9.17, 15) is 0 Å². The Labute approximate surface area is 155 Å². The van der Waals surface area contributed by atoms with Crippen molar-refractivity contribution in [2.45, 2.75) is 39.0 Å². The molecule has 3 aromatic heterocycles. The number of fused-ring (bicyclic) bond motifs is 1. The molecule has 1 N–H and O–H groups in total. The molecule has 1 fully saturated rings. The summed E-state index contributed by atoms with van der Waals surface area (Å²) in [4.78, 5) is 16.9. The van der Waals surface area contributed by atoms with Crippen molar-refractivity contribution in [1.29, 1.82) is 0 Å². The van der Waals surface area contributed by atoms with Crippen LogP contribution >= 0.6 is 11.3 Å². The molecule has 4 heterocycles. The van der Waals surface area contributed by atoms with Crippen LogP contribution in [0.4, 0.5) is 5.82 Å². The maximum atomic E-state index is 5.22. The molecular weight excluding hydrogens is 352 g/mol. The number of nitrogens with zero attached hydrogens (tertiary/aromatic N) is 5. The average Bonchev–Trinajstić information content (AvgIpc) is 3.29. The lowest BCUT2D eigenvalue weighted by Gasteiger charge is -2.33. The van der Waals surface area contributed by atoms with Crippen LogP contribution < -0.4 is 10.2 Å². The number of rotatable bonds is 6. The van der Waals surface area contributed by atoms with Gasteiger partial charge in [-0.2, -0.15) is 4.98 Å². The van der Waals surface area contributed by atoms with Gasteiger partial charge in [0.2, 0.25) is 5.89 Å². The summed E-state index contributed by atoms with van der Waals surface area (Å²) in [7, 11) is 1.62. The van der Waals surface area contributed by atoms with Crippen molar-refractivity contribution in [2.75, 3.05) is 25.1 Å². The smallest absolute Gasteiger partial charge is 0.240 e. The summed E-state index contributed by atoms with van der Waals surface area (Å²) in [6, 6.07) is 2.55. The van der Waals surface area contributed by atoms with E-state index in [2.05, 4.69) is 36.8 Å². The number of hydrogen-bond donors (Lipinski definition) is 1. The van der Waals surface area contributed by atoms with Gasteiger partial charge in [-0.25, -0.2) is 9.97 Å². The standard InChI is InChI=1S/C17H22N6O2S/c1-11-19-16(13-5-8-26-17(13)20-11)23-6-3-12(4-7-23)18-9-15-21-14(10-24-2)22-25-15/h5,8,12,18H,3-4,6-7,9-10H2,1-2H3. The van der Waals surface area contributed by atoms with E-state index in [4.69, 9.17) is 14.2 Å². The van der Waals surface area contributed by atoms with Gasteiger partial charge in [0.1, 0.15) is 23.1 Å². The summed E-state index contributed by atoms with van der Waals surface area (Å²) in [6.45, 7) is 4.86. The third-order valence-corrected chi connectivity index (χ3v) is 5.34. The van der Waals surface area contributed by atoms with Gasteiger partial charge in [0.05, 0.1) is 11.9 Å². The Morgan fingerprint density at radius 2 is 2.15 bits per heavy atom. The molecule has 138 valence electrons. The normalized spacial score (nSPS) is 15.8. The van der Waals surface area contributed by atoms with Crippen LogP contribution in [-0.4, -0.2) is 46.3 Å². The van der Waals surface area contributed by atoms with E-state index in [1.54, 1.807) is 18.4 Å². The quantitative estimate of drug-likeness (QED) is 0.703. The van der Waals surface area contributed by atoms with Gasteiger partial charge in [-0.3, -0.25) is 0 Å². The average molecular weight is 374 g/mol. The lowest BCUT2D eigenvalue weighted by molar-refractivity contribution is 0.174. The first kappa shape index (κ1) is 17.3. The first-order chi connectivity index (χ1) is 12.7. The van der Waals surface area contributed by atoms with Gasteiger partial charge in [0.25, 0.3) is 0 Å². The lowest BCUT2D eigenvalue weighted by atomic mass is 10.0. The van der Waals surface area contributed by atoms with Crippen molar-refractivity contribution in [2.24, 2.45) is 0 Å². The second-order valence-corrected chi connectivity index (χ2v) is 7.31. The van der Waals surface area contributed by atoms with Gasteiger partial charge in [-0.15, -0.1) is 11.3 Å². The molecule has 26 heavy (non-hydrogen) atoms. The number of nitrogens with one attached hydrogen (secondary N) is 1. The summed E-state index contributed by atoms with van der Waals surface area (Å²) in [6.07, 6.45) is 2.10. The molecule has 1 saturated heterocycles. The predicted molar refractivity (Wildman–Crippen MR) is 99.2 cm³/mol. The minimum Gasteiger partial charge on any atom is -0.377 e. The monoisotopic (exact) mass is 374 g/mol. The summed E-state index contributed by atoms with van der Waals surface area (Å²) >= 11 is 1.67. The molecule has 3 aromatic rings. The van der Waals surface area contributed by atoms with Crippen LogP contribution in [0.5, 0.6) is 0 Å². The Balaban J connectivity index is 1.34. The summed E-state index contributed by atoms with van der Waals surface area (Å²) in [5, 5.41) is 10.6. The van der Waals surface area contributed by atoms with Crippen LogP contribution in [0.3, 0.4) is 0 Å². The fraction of sp³-hybridized carbons (Fsp3) is 0.529. The molecular formula is C17H22N6O2S. The predicted octanol–water partition coefficient (Wildman–Crippen LogP) is 2.29. The molecule has 1 aliphatic rings. The molecule has 0 bridgehead atoms. The second-order valence-electron chi connectivity index (χ2n) is 6.41. The molecule has 0 aliphatic carbocycles. The van der Waals surface area contributed by atoms with Gasteiger partial charge < -0.3 is 19.5 Å². The van der Waals surface area contributed by atoms with E-state index >= 15 is 0 Å². The first-order valence-electron chi connectivity index (χ1n) is 8.73. The van der Waals surface area contributed by atoms with Crippen LogP contribution in [0.15, 0.2) is 16.0 Å². The molecule has 8 nitrogen and oxygen atoms in total. The van der Waals surface area contributed by atoms with Crippen LogP contribution in [0, 0.1) is 6.92 Å². The Morgan fingerprint density at radius 3 is 2.96 bits per heavy atom. The van der Waals surface area contributed by atoms with E-state index in [1.165, 1.54) is 0 Å². The summed E-state index contributed by atoms with van der Waals surface area (Å²) < 4.78 is 10.2. The fourth-order valence-electron chi connectivity index (χ4n) is 3.26. The van der Waals surface area contributed by atoms with Crippen LogP contribution in [0.2, 0.25) is 0 Å². The zero-order valence-electron chi connectivity index (χ0n) is 14.9. The molecule has 0 saturated carbocycles. The number of methoxy groups -OCH3 is 1. The molecule has 0 aromatic carbocycles. The van der Waals surface area contributed by atoms with Crippen molar-refractivity contribution in [3.05, 3.63) is 29.0 Å². The molecule has 0 radical (unpaired) electrons. The topological polar surface area (TPSA) is 89.2 Å². The number of hydrogen-bond acceptors (Lipinski definition) is 9. The highest BCUT2D eigenvalue weighted by atomic mass is 32.1. The SMILES string of the molecule is COCc1noc(CNC2CCN(c3nc(C)nc4sccc34)CC2)n1. The van der Waals surface area contributed by atoms with Gasteiger partial charge in [-0.05, 0) is 31.2 Å². The maximum Gasteiger partial charge on any atom is 0.240 e. The Kier molecular flexibility index (Phi) is 5.09. The number of piperidine rings is 1. The molecule has 0 unspecified atom stereocenters. The molecule has 0 atom stereocenters. The van der Waals surface area contributed by atoms with Crippen LogP contribution in [-0.2, 0) is 17.9 Å². The first-order valence-corrected chi connectivity index (χ1v) is 9.61. The van der Waals surface area contributed by atoms with Gasteiger partial charge in [0, 0.05) is 26.2 Å². The Morgan fingerprint density at radius 1 is 1.31 bits per heavy atom. The van der Waals surface area contributed by atoms with Crippen molar-refractivity contribution >= 4 is 27.4 Å². The molecule has 0 spiro atoms. The molecule has 0 amide bonds. The summed E-state index contributed by atoms with van der Waals surface area (Å²) in [5.74, 6) is 3.08. The van der Waals surface area contributed by atoms with Crippen molar-refractivity contribution < 1.29 is 9.26 Å². The highest BCUT2D eigenvalue weighted by molar-refractivity contribution is 7.16. The highest BCUT2D eigenvalue weighted by Crippen LogP contribution is 2.29. The number of aryl methyl sites for hydroxylation is 1. The van der Waals surface area contributed by atoms with Gasteiger partial charge >= 0.3 is 0 Å².